The Morgan fingerprint density at radius 3 is 2.17 bits per heavy atom. The summed E-state index contributed by atoms with van der Waals surface area (Å²) in [7, 11) is 0. The van der Waals surface area contributed by atoms with E-state index in [0.717, 1.165) is 0 Å². The summed E-state index contributed by atoms with van der Waals surface area (Å²) in [5.41, 5.74) is 9.85. The Hall–Kier alpha value is -0.570. The second-order valence-electron chi connectivity index (χ2n) is 0.761. The molecule has 0 aromatic rings. The minimum atomic E-state index is 0.317. The largest absolute Gasteiger partial charge is 0.405 e. The van der Waals surface area contributed by atoms with Gasteiger partial charge in [-0.1, -0.05) is 12.2 Å². The number of hydrogen-bond acceptors (Lipinski definition) is 2. The maximum Gasteiger partial charge on any atom is 0.0976 e. The third-order valence-electron chi connectivity index (χ3n) is 0.260. The summed E-state index contributed by atoms with van der Waals surface area (Å²) < 4.78 is 0. The van der Waals surface area contributed by atoms with Gasteiger partial charge in [0, 0.05) is 0 Å². The highest BCUT2D eigenvalue weighted by Crippen LogP contribution is 1.62. The predicted octanol–water partition coefficient (Wildman–Crippen LogP) is -0.255. The molecule has 0 fully saturated rings. The van der Waals surface area contributed by atoms with Crippen molar-refractivity contribution in [1.29, 1.82) is 0 Å². The van der Waals surface area contributed by atoms with Crippen molar-refractivity contribution in [2.24, 2.45) is 11.5 Å². The average molecular weight is 102 g/mol. The number of thiocarbonyl (C=S) groups is 1. The highest BCUT2D eigenvalue weighted by molar-refractivity contribution is 7.80. The van der Waals surface area contributed by atoms with Crippen LogP contribution in [0.5, 0.6) is 0 Å². The Balaban J connectivity index is 3.30. The van der Waals surface area contributed by atoms with Gasteiger partial charge in [0.1, 0.15) is 0 Å². The molecule has 0 amide bonds. The van der Waals surface area contributed by atoms with Crippen LogP contribution in [0.2, 0.25) is 0 Å². The fourth-order valence-electron chi connectivity index (χ4n) is 0.0948. The molecular formula is C3H6N2S. The molecule has 4 N–H and O–H groups in total. The zero-order valence-corrected chi connectivity index (χ0v) is 4.03. The van der Waals surface area contributed by atoms with Gasteiger partial charge in [0.05, 0.1) is 4.99 Å². The molecule has 0 bridgehead atoms. The van der Waals surface area contributed by atoms with Gasteiger partial charge < -0.3 is 11.5 Å². The van der Waals surface area contributed by atoms with Crippen LogP contribution in [0.15, 0.2) is 12.3 Å². The van der Waals surface area contributed by atoms with Gasteiger partial charge in [-0.05, 0) is 12.3 Å². The van der Waals surface area contributed by atoms with Crippen molar-refractivity contribution in [3.05, 3.63) is 12.3 Å². The van der Waals surface area contributed by atoms with Gasteiger partial charge in [-0.3, -0.25) is 0 Å². The van der Waals surface area contributed by atoms with Crippen LogP contribution in [-0.4, -0.2) is 4.99 Å². The first-order valence-corrected chi connectivity index (χ1v) is 1.86. The maximum absolute atomic E-state index is 4.97. The van der Waals surface area contributed by atoms with Crippen molar-refractivity contribution in [1.82, 2.24) is 0 Å². The Morgan fingerprint density at radius 1 is 1.67 bits per heavy atom. The van der Waals surface area contributed by atoms with Crippen molar-refractivity contribution in [3.8, 4) is 0 Å². The Bertz CT molecular complexity index is 76.9. The summed E-state index contributed by atoms with van der Waals surface area (Å²) in [6.07, 6.45) is 2.76. The zero-order chi connectivity index (χ0) is 4.99. The first-order chi connectivity index (χ1) is 2.77. The molecule has 0 aliphatic carbocycles. The Kier molecular flexibility index (Phi) is 2.40. The van der Waals surface area contributed by atoms with Crippen LogP contribution in [0.3, 0.4) is 0 Å². The molecule has 0 saturated carbocycles. The SMILES string of the molecule is N/C=C/C(N)=S. The molecule has 0 aliphatic rings. The van der Waals surface area contributed by atoms with E-state index in [1.165, 1.54) is 12.3 Å². The summed E-state index contributed by atoms with van der Waals surface area (Å²) >= 11 is 4.41. The molecule has 0 spiro atoms. The highest BCUT2D eigenvalue weighted by Gasteiger charge is 1.67. The van der Waals surface area contributed by atoms with Gasteiger partial charge in [-0.2, -0.15) is 0 Å². The quantitative estimate of drug-likeness (QED) is 0.354. The standard InChI is InChI=1S/C3H6N2S/c4-2-1-3(5)6/h1-2H,4H2,(H2,5,6)/b2-1+. The fourth-order valence-corrected chi connectivity index (χ4v) is 0.173. The normalized spacial score (nSPS) is 9.33. The topological polar surface area (TPSA) is 52.0 Å². The van der Waals surface area contributed by atoms with Gasteiger partial charge in [0.2, 0.25) is 0 Å². The molecule has 0 heterocycles. The van der Waals surface area contributed by atoms with Crippen LogP contribution in [0.4, 0.5) is 0 Å². The van der Waals surface area contributed by atoms with E-state index in [2.05, 4.69) is 12.2 Å². The van der Waals surface area contributed by atoms with E-state index in [1.54, 1.807) is 0 Å². The maximum atomic E-state index is 4.97. The Labute approximate surface area is 41.8 Å². The lowest BCUT2D eigenvalue weighted by Gasteiger charge is -1.75. The Morgan fingerprint density at radius 2 is 2.17 bits per heavy atom. The molecule has 6 heavy (non-hydrogen) atoms. The van der Waals surface area contributed by atoms with Crippen molar-refractivity contribution in [3.63, 3.8) is 0 Å². The molecule has 0 rings (SSSR count). The van der Waals surface area contributed by atoms with E-state index in [4.69, 9.17) is 11.5 Å². The van der Waals surface area contributed by atoms with Gasteiger partial charge in [0.25, 0.3) is 0 Å². The van der Waals surface area contributed by atoms with Crippen LogP contribution in [-0.2, 0) is 0 Å². The molecule has 0 unspecified atom stereocenters. The van der Waals surface area contributed by atoms with Crippen LogP contribution in [0.1, 0.15) is 0 Å². The number of rotatable bonds is 1. The first kappa shape index (κ1) is 5.43. The lowest BCUT2D eigenvalue weighted by Crippen LogP contribution is -2.03. The molecule has 0 aromatic heterocycles. The third kappa shape index (κ3) is 3.43. The van der Waals surface area contributed by atoms with E-state index in [1.807, 2.05) is 0 Å². The fraction of sp³-hybridized carbons (Fsp3) is 0. The van der Waals surface area contributed by atoms with Gasteiger partial charge in [0.15, 0.2) is 0 Å². The summed E-state index contributed by atoms with van der Waals surface area (Å²) in [4.78, 5) is 0.317. The van der Waals surface area contributed by atoms with E-state index in [-0.39, 0.29) is 0 Å². The smallest absolute Gasteiger partial charge is 0.0976 e. The van der Waals surface area contributed by atoms with Crippen LogP contribution in [0, 0.1) is 0 Å². The second-order valence-corrected chi connectivity index (χ2v) is 1.23. The average Bonchev–Trinajstić information content (AvgIpc) is 1.35. The molecular weight excluding hydrogens is 96.1 g/mol. The van der Waals surface area contributed by atoms with Crippen molar-refractivity contribution >= 4 is 17.2 Å². The van der Waals surface area contributed by atoms with E-state index in [0.29, 0.717) is 4.99 Å². The summed E-state index contributed by atoms with van der Waals surface area (Å²) in [6, 6.07) is 0. The summed E-state index contributed by atoms with van der Waals surface area (Å²) in [5, 5.41) is 0. The first-order valence-electron chi connectivity index (χ1n) is 1.45. The summed E-state index contributed by atoms with van der Waals surface area (Å²) in [5.74, 6) is 0. The van der Waals surface area contributed by atoms with Crippen molar-refractivity contribution in [2.45, 2.75) is 0 Å². The molecule has 0 saturated heterocycles. The van der Waals surface area contributed by atoms with E-state index in [9.17, 15) is 0 Å². The van der Waals surface area contributed by atoms with Crippen LogP contribution in [0.25, 0.3) is 0 Å². The van der Waals surface area contributed by atoms with Gasteiger partial charge in [-0.25, -0.2) is 0 Å². The zero-order valence-electron chi connectivity index (χ0n) is 3.22. The van der Waals surface area contributed by atoms with Crippen molar-refractivity contribution < 1.29 is 0 Å². The van der Waals surface area contributed by atoms with E-state index < -0.39 is 0 Å². The van der Waals surface area contributed by atoms with Crippen LogP contribution >= 0.6 is 12.2 Å². The molecule has 0 aliphatic heterocycles. The third-order valence-corrected chi connectivity index (χ3v) is 0.397. The monoisotopic (exact) mass is 102 g/mol. The molecule has 2 nitrogen and oxygen atoms in total. The lowest BCUT2D eigenvalue weighted by atomic mass is 10.6. The summed E-state index contributed by atoms with van der Waals surface area (Å²) in [6.45, 7) is 0. The predicted molar refractivity (Wildman–Crippen MR) is 30.1 cm³/mol. The van der Waals surface area contributed by atoms with Gasteiger partial charge in [-0.15, -0.1) is 0 Å². The molecule has 3 heteroatoms. The minimum Gasteiger partial charge on any atom is -0.405 e. The van der Waals surface area contributed by atoms with Crippen LogP contribution < -0.4 is 11.5 Å². The number of nitrogens with two attached hydrogens (primary N) is 2. The van der Waals surface area contributed by atoms with Crippen molar-refractivity contribution in [2.75, 3.05) is 0 Å². The molecule has 0 aromatic carbocycles. The highest BCUT2D eigenvalue weighted by atomic mass is 32.1. The molecule has 0 radical (unpaired) electrons. The number of hydrogen-bond donors (Lipinski definition) is 2. The molecule has 0 atom stereocenters. The second kappa shape index (κ2) is 2.66. The minimum absolute atomic E-state index is 0.317. The van der Waals surface area contributed by atoms with E-state index >= 15 is 0 Å². The lowest BCUT2D eigenvalue weighted by molar-refractivity contribution is 1.61. The molecule has 34 valence electrons. The van der Waals surface area contributed by atoms with Gasteiger partial charge >= 0.3 is 0 Å².